The number of hydrogen-bond acceptors (Lipinski definition) is 6. The zero-order valence-corrected chi connectivity index (χ0v) is 19.8. The molecule has 0 unspecified atom stereocenters. The number of carbonyl (C=O) groups is 2. The van der Waals surface area contributed by atoms with E-state index in [1.165, 1.54) is 22.8 Å². The summed E-state index contributed by atoms with van der Waals surface area (Å²) in [5.74, 6) is -1.36. The predicted octanol–water partition coefficient (Wildman–Crippen LogP) is 2.26. The van der Waals surface area contributed by atoms with Gasteiger partial charge in [0.25, 0.3) is 5.56 Å². The van der Waals surface area contributed by atoms with Gasteiger partial charge in [0.2, 0.25) is 5.91 Å². The molecule has 1 N–H and O–H groups in total. The van der Waals surface area contributed by atoms with Crippen LogP contribution in [0.1, 0.15) is 18.1 Å². The molecule has 2 aromatic carbocycles. The first-order chi connectivity index (χ1) is 15.9. The second kappa shape index (κ2) is 11.6. The van der Waals surface area contributed by atoms with E-state index >= 15 is 0 Å². The van der Waals surface area contributed by atoms with Gasteiger partial charge in [-0.3, -0.25) is 14.2 Å². The third kappa shape index (κ3) is 6.90. The Bertz CT molecular complexity index is 1300. The van der Waals surface area contributed by atoms with Gasteiger partial charge in [-0.2, -0.15) is 0 Å². The summed E-state index contributed by atoms with van der Waals surface area (Å²) in [5, 5.41) is 2.71. The molecule has 0 aliphatic rings. The minimum atomic E-state index is -0.588. The fourth-order valence-electron chi connectivity index (χ4n) is 2.93. The number of nitrogens with zero attached hydrogens (tertiary/aromatic N) is 1. The SMILES string of the molecule is CCOC(=O)C=c1s/c(=C\c2ccc(SC)cc2)c(=O)n1CC(=O)NCc1ccc(F)cc1. The Kier molecular flexibility index (Phi) is 8.62. The number of nitrogens with one attached hydrogen (secondary N) is 1. The summed E-state index contributed by atoms with van der Waals surface area (Å²) in [6.45, 7) is 1.81. The molecule has 172 valence electrons. The number of rotatable bonds is 8. The van der Waals surface area contributed by atoms with Crippen molar-refractivity contribution in [3.8, 4) is 0 Å². The van der Waals surface area contributed by atoms with Gasteiger partial charge in [-0.15, -0.1) is 23.1 Å². The van der Waals surface area contributed by atoms with Crippen LogP contribution in [0.15, 0.2) is 58.2 Å². The Hall–Kier alpha value is -3.17. The van der Waals surface area contributed by atoms with Crippen molar-refractivity contribution in [3.63, 3.8) is 0 Å². The number of ether oxygens (including phenoxy) is 1. The van der Waals surface area contributed by atoms with E-state index in [0.717, 1.165) is 27.4 Å². The molecule has 33 heavy (non-hydrogen) atoms. The number of hydrogen-bond donors (Lipinski definition) is 1. The molecular weight excluding hydrogens is 463 g/mol. The molecule has 0 atom stereocenters. The van der Waals surface area contributed by atoms with Gasteiger partial charge in [0.15, 0.2) is 0 Å². The number of thiazole rings is 1. The topological polar surface area (TPSA) is 77.4 Å². The molecule has 0 bridgehead atoms. The fraction of sp³-hybridized carbons (Fsp3) is 0.208. The van der Waals surface area contributed by atoms with E-state index < -0.39 is 11.9 Å². The van der Waals surface area contributed by atoms with Gasteiger partial charge >= 0.3 is 5.97 Å². The van der Waals surface area contributed by atoms with E-state index in [1.54, 1.807) is 36.9 Å². The van der Waals surface area contributed by atoms with Crippen LogP contribution in [0.5, 0.6) is 0 Å². The maximum atomic E-state index is 13.0. The van der Waals surface area contributed by atoms with Crippen LogP contribution in [-0.4, -0.2) is 29.3 Å². The van der Waals surface area contributed by atoms with Crippen LogP contribution in [0.2, 0.25) is 0 Å². The number of carbonyl (C=O) groups excluding carboxylic acids is 2. The van der Waals surface area contributed by atoms with Crippen molar-refractivity contribution in [2.24, 2.45) is 0 Å². The highest BCUT2D eigenvalue weighted by Gasteiger charge is 2.11. The average Bonchev–Trinajstić information content (AvgIpc) is 3.08. The summed E-state index contributed by atoms with van der Waals surface area (Å²) < 4.78 is 20.0. The molecule has 1 amide bonds. The van der Waals surface area contributed by atoms with Gasteiger partial charge in [0.05, 0.1) is 17.2 Å². The summed E-state index contributed by atoms with van der Waals surface area (Å²) in [5.41, 5.74) is 1.19. The van der Waals surface area contributed by atoms with Crippen LogP contribution >= 0.6 is 23.1 Å². The fourth-order valence-corrected chi connectivity index (χ4v) is 4.37. The smallest absolute Gasteiger partial charge is 0.333 e. The van der Waals surface area contributed by atoms with Crippen LogP contribution in [0.25, 0.3) is 12.2 Å². The number of amides is 1. The maximum Gasteiger partial charge on any atom is 0.333 e. The Morgan fingerprint density at radius 3 is 2.48 bits per heavy atom. The van der Waals surface area contributed by atoms with Crippen LogP contribution < -0.4 is 20.1 Å². The number of halogens is 1. The molecule has 3 rings (SSSR count). The van der Waals surface area contributed by atoms with Crippen molar-refractivity contribution < 1.29 is 18.7 Å². The monoisotopic (exact) mass is 486 g/mol. The van der Waals surface area contributed by atoms with Crippen molar-refractivity contribution >= 4 is 47.1 Å². The lowest BCUT2D eigenvalue weighted by atomic mass is 10.2. The first kappa shape index (κ1) is 24.5. The van der Waals surface area contributed by atoms with Crippen molar-refractivity contribution in [1.82, 2.24) is 9.88 Å². The van der Waals surface area contributed by atoms with E-state index in [1.807, 2.05) is 30.5 Å². The van der Waals surface area contributed by atoms with E-state index in [4.69, 9.17) is 4.74 Å². The molecule has 3 aromatic rings. The van der Waals surface area contributed by atoms with Gasteiger partial charge in [-0.1, -0.05) is 24.3 Å². The summed E-state index contributed by atoms with van der Waals surface area (Å²) in [6, 6.07) is 13.5. The second-order valence-electron chi connectivity index (χ2n) is 6.91. The standard InChI is InChI=1S/C24H23FN2O4S2/c1-3-31-23(29)13-22-27(15-21(28)26-14-17-4-8-18(25)9-5-17)24(30)20(33-22)12-16-6-10-19(32-2)11-7-16/h4-13H,3,14-15H2,1-2H3,(H,26,28)/b20-12-,22-13?. The van der Waals surface area contributed by atoms with E-state index in [0.29, 0.717) is 9.20 Å². The van der Waals surface area contributed by atoms with Crippen LogP contribution in [-0.2, 0) is 27.4 Å². The second-order valence-corrected chi connectivity index (χ2v) is 8.85. The summed E-state index contributed by atoms with van der Waals surface area (Å²) in [6.07, 6.45) is 4.93. The molecule has 6 nitrogen and oxygen atoms in total. The normalized spacial score (nSPS) is 12.1. The summed E-state index contributed by atoms with van der Waals surface area (Å²) in [4.78, 5) is 38.7. The molecule has 1 aromatic heterocycles. The first-order valence-electron chi connectivity index (χ1n) is 10.1. The van der Waals surface area contributed by atoms with Crippen LogP contribution in [0, 0.1) is 5.82 Å². The van der Waals surface area contributed by atoms with Gasteiger partial charge < -0.3 is 10.1 Å². The first-order valence-corrected chi connectivity index (χ1v) is 12.2. The molecule has 1 heterocycles. The average molecular weight is 487 g/mol. The molecule has 0 saturated carbocycles. The summed E-state index contributed by atoms with van der Waals surface area (Å²) in [7, 11) is 0. The number of esters is 1. The number of aromatic nitrogens is 1. The zero-order chi connectivity index (χ0) is 23.8. The van der Waals surface area contributed by atoms with Crippen molar-refractivity contribution in [2.45, 2.75) is 24.9 Å². The molecule has 9 heteroatoms. The van der Waals surface area contributed by atoms with Crippen LogP contribution in [0.4, 0.5) is 4.39 Å². The minimum Gasteiger partial charge on any atom is -0.463 e. The lowest BCUT2D eigenvalue weighted by Crippen LogP contribution is -2.38. The lowest BCUT2D eigenvalue weighted by Gasteiger charge is -2.06. The maximum absolute atomic E-state index is 13.0. The molecule has 0 saturated heterocycles. The quantitative estimate of drug-likeness (QED) is 0.391. The Labute approximate surface area is 198 Å². The highest BCUT2D eigenvalue weighted by molar-refractivity contribution is 7.98. The molecule has 0 fully saturated rings. The molecule has 0 radical (unpaired) electrons. The van der Waals surface area contributed by atoms with Crippen molar-refractivity contribution in [3.05, 3.63) is 85.0 Å². The highest BCUT2D eigenvalue weighted by Crippen LogP contribution is 2.14. The lowest BCUT2D eigenvalue weighted by molar-refractivity contribution is -0.135. The van der Waals surface area contributed by atoms with Crippen LogP contribution in [0.3, 0.4) is 0 Å². The zero-order valence-electron chi connectivity index (χ0n) is 18.2. The third-order valence-corrected chi connectivity index (χ3v) is 6.39. The molecule has 0 aliphatic carbocycles. The van der Waals surface area contributed by atoms with Gasteiger partial charge in [0, 0.05) is 11.4 Å². The Morgan fingerprint density at radius 1 is 1.15 bits per heavy atom. The molecular formula is C24H23FN2O4S2. The number of thioether (sulfide) groups is 1. The molecule has 0 spiro atoms. The van der Waals surface area contributed by atoms with Gasteiger partial charge in [-0.05, 0) is 54.6 Å². The van der Waals surface area contributed by atoms with E-state index in [9.17, 15) is 18.8 Å². The Balaban J connectivity index is 1.90. The largest absolute Gasteiger partial charge is 0.463 e. The summed E-state index contributed by atoms with van der Waals surface area (Å²) >= 11 is 2.73. The third-order valence-electron chi connectivity index (χ3n) is 4.58. The highest BCUT2D eigenvalue weighted by atomic mass is 32.2. The van der Waals surface area contributed by atoms with E-state index in [-0.39, 0.29) is 31.1 Å². The van der Waals surface area contributed by atoms with Crippen molar-refractivity contribution in [1.29, 1.82) is 0 Å². The van der Waals surface area contributed by atoms with Crippen molar-refractivity contribution in [2.75, 3.05) is 12.9 Å². The Morgan fingerprint density at radius 2 is 1.85 bits per heavy atom. The van der Waals surface area contributed by atoms with Gasteiger partial charge in [-0.25, -0.2) is 9.18 Å². The predicted molar refractivity (Wildman–Crippen MR) is 129 cm³/mol. The number of benzene rings is 2. The minimum absolute atomic E-state index is 0.190. The molecule has 0 aliphatic heterocycles. The van der Waals surface area contributed by atoms with Gasteiger partial charge in [0.1, 0.15) is 17.0 Å². The van der Waals surface area contributed by atoms with E-state index in [2.05, 4.69) is 5.32 Å².